The highest BCUT2D eigenvalue weighted by molar-refractivity contribution is 6.18. The highest BCUT2D eigenvalue weighted by Crippen LogP contribution is 1.82. The van der Waals surface area contributed by atoms with Crippen molar-refractivity contribution in [1.29, 1.82) is 0 Å². The Bertz CT molecular complexity index is 110. The molecule has 0 fully saturated rings. The van der Waals surface area contributed by atoms with E-state index >= 15 is 0 Å². The number of nitrogens with one attached hydrogen (secondary N) is 2. The molecule has 2 amide bonds. The molecule has 0 atom stereocenters. The molecule has 5 heteroatoms. The smallest absolute Gasteiger partial charge is 0.314 e. The first-order chi connectivity index (χ1) is 5.81. The number of alkyl halides is 2. The maximum atomic E-state index is 10.9. The van der Waals surface area contributed by atoms with E-state index in [0.29, 0.717) is 24.8 Å². The van der Waals surface area contributed by atoms with Gasteiger partial charge in [-0.25, -0.2) is 4.79 Å². The largest absolute Gasteiger partial charge is 0.338 e. The predicted molar refractivity (Wildman–Crippen MR) is 52.1 cm³/mol. The van der Waals surface area contributed by atoms with Gasteiger partial charge in [0.25, 0.3) is 0 Å². The molecule has 0 heterocycles. The number of urea groups is 1. The normalized spacial score (nSPS) is 9.50. The van der Waals surface area contributed by atoms with Crippen molar-refractivity contribution >= 4 is 29.2 Å². The Hall–Kier alpha value is -0.150. The third-order valence-electron chi connectivity index (χ3n) is 1.19. The van der Waals surface area contributed by atoms with Gasteiger partial charge in [-0.2, -0.15) is 0 Å². The number of carbonyl (C=O) groups excluding carboxylic acids is 1. The van der Waals surface area contributed by atoms with Crippen LogP contribution < -0.4 is 10.6 Å². The molecule has 0 bridgehead atoms. The summed E-state index contributed by atoms with van der Waals surface area (Å²) < 4.78 is 0. The molecule has 3 nitrogen and oxygen atoms in total. The van der Waals surface area contributed by atoms with Gasteiger partial charge in [0.05, 0.1) is 0 Å². The molecule has 0 aromatic heterocycles. The van der Waals surface area contributed by atoms with Crippen LogP contribution in [0.2, 0.25) is 0 Å². The zero-order chi connectivity index (χ0) is 9.23. The Balaban J connectivity index is 3.10. The number of amides is 2. The van der Waals surface area contributed by atoms with Gasteiger partial charge in [-0.1, -0.05) is 0 Å². The van der Waals surface area contributed by atoms with Crippen molar-refractivity contribution in [2.75, 3.05) is 24.8 Å². The Morgan fingerprint density at radius 3 is 1.75 bits per heavy atom. The van der Waals surface area contributed by atoms with Gasteiger partial charge < -0.3 is 10.6 Å². The van der Waals surface area contributed by atoms with Crippen molar-refractivity contribution in [3.05, 3.63) is 0 Å². The Kier molecular flexibility index (Phi) is 8.83. The fourth-order valence-corrected chi connectivity index (χ4v) is 0.867. The minimum atomic E-state index is -0.148. The summed E-state index contributed by atoms with van der Waals surface area (Å²) in [5.74, 6) is 1.14. The maximum Gasteiger partial charge on any atom is 0.314 e. The Labute approximate surface area is 82.8 Å². The van der Waals surface area contributed by atoms with E-state index in [0.717, 1.165) is 12.8 Å². The molecule has 0 aromatic carbocycles. The van der Waals surface area contributed by atoms with Crippen molar-refractivity contribution in [3.63, 3.8) is 0 Å². The number of hydrogen-bond donors (Lipinski definition) is 2. The quantitative estimate of drug-likeness (QED) is 0.510. The SMILES string of the molecule is O=C(NCCCCl)NCCCCl. The number of carbonyl (C=O) groups is 1. The minimum Gasteiger partial charge on any atom is -0.338 e. The second-order valence-electron chi connectivity index (χ2n) is 2.27. The van der Waals surface area contributed by atoms with Crippen LogP contribution in [-0.4, -0.2) is 30.9 Å². The molecule has 0 aliphatic heterocycles. The van der Waals surface area contributed by atoms with Crippen LogP contribution in [0.15, 0.2) is 0 Å². The van der Waals surface area contributed by atoms with E-state index in [9.17, 15) is 4.79 Å². The second kappa shape index (κ2) is 8.94. The lowest BCUT2D eigenvalue weighted by atomic mass is 10.5. The van der Waals surface area contributed by atoms with Crippen LogP contribution in [-0.2, 0) is 0 Å². The fraction of sp³-hybridized carbons (Fsp3) is 0.857. The van der Waals surface area contributed by atoms with Crippen molar-refractivity contribution < 1.29 is 4.79 Å². The molecule has 0 rings (SSSR count). The summed E-state index contributed by atoms with van der Waals surface area (Å²) in [6.45, 7) is 1.24. The van der Waals surface area contributed by atoms with Gasteiger partial charge in [0.15, 0.2) is 0 Å². The van der Waals surface area contributed by atoms with E-state index in [1.54, 1.807) is 0 Å². The van der Waals surface area contributed by atoms with E-state index in [1.807, 2.05) is 0 Å². The molecule has 0 saturated heterocycles. The molecule has 2 N–H and O–H groups in total. The first kappa shape index (κ1) is 11.8. The van der Waals surface area contributed by atoms with Gasteiger partial charge in [0, 0.05) is 24.8 Å². The molecule has 0 aliphatic carbocycles. The topological polar surface area (TPSA) is 41.1 Å². The summed E-state index contributed by atoms with van der Waals surface area (Å²) in [6, 6.07) is -0.148. The van der Waals surface area contributed by atoms with E-state index in [4.69, 9.17) is 23.2 Å². The lowest BCUT2D eigenvalue weighted by Gasteiger charge is -2.04. The predicted octanol–water partition coefficient (Wildman–Crippen LogP) is 1.54. The monoisotopic (exact) mass is 212 g/mol. The van der Waals surface area contributed by atoms with Crippen LogP contribution in [0.1, 0.15) is 12.8 Å². The highest BCUT2D eigenvalue weighted by atomic mass is 35.5. The highest BCUT2D eigenvalue weighted by Gasteiger charge is 1.96. The average molecular weight is 213 g/mol. The Morgan fingerprint density at radius 1 is 1.00 bits per heavy atom. The molecule has 0 unspecified atom stereocenters. The molecule has 0 spiro atoms. The van der Waals surface area contributed by atoms with Crippen LogP contribution in [0, 0.1) is 0 Å². The van der Waals surface area contributed by atoms with Crippen LogP contribution in [0.5, 0.6) is 0 Å². The summed E-state index contributed by atoms with van der Waals surface area (Å²) in [6.07, 6.45) is 1.59. The van der Waals surface area contributed by atoms with Crippen molar-refractivity contribution in [2.24, 2.45) is 0 Å². The number of halogens is 2. The fourth-order valence-electron chi connectivity index (χ4n) is 0.600. The van der Waals surface area contributed by atoms with Crippen molar-refractivity contribution in [3.8, 4) is 0 Å². The molecular formula is C7H14Cl2N2O. The lowest BCUT2D eigenvalue weighted by Crippen LogP contribution is -2.36. The van der Waals surface area contributed by atoms with Crippen LogP contribution in [0.4, 0.5) is 4.79 Å². The zero-order valence-electron chi connectivity index (χ0n) is 6.91. The summed E-state index contributed by atoms with van der Waals surface area (Å²) in [5, 5.41) is 5.33. The molecule has 12 heavy (non-hydrogen) atoms. The van der Waals surface area contributed by atoms with Gasteiger partial charge in [-0.3, -0.25) is 0 Å². The summed E-state index contributed by atoms with van der Waals surface area (Å²) in [5.41, 5.74) is 0. The number of rotatable bonds is 6. The maximum absolute atomic E-state index is 10.9. The molecule has 0 radical (unpaired) electrons. The molecule has 0 saturated carbocycles. The first-order valence-corrected chi connectivity index (χ1v) is 5.01. The van der Waals surface area contributed by atoms with E-state index in [-0.39, 0.29) is 6.03 Å². The molecule has 0 aliphatic rings. The summed E-state index contributed by atoms with van der Waals surface area (Å²) in [7, 11) is 0. The number of hydrogen-bond acceptors (Lipinski definition) is 1. The van der Waals surface area contributed by atoms with Gasteiger partial charge >= 0.3 is 6.03 Å². The van der Waals surface area contributed by atoms with E-state index < -0.39 is 0 Å². The standard InChI is InChI=1S/C7H14Cl2N2O/c8-3-1-5-10-7(12)11-6-2-4-9/h1-6H2,(H2,10,11,12). The molecular weight excluding hydrogens is 199 g/mol. The van der Waals surface area contributed by atoms with Crippen LogP contribution in [0.3, 0.4) is 0 Å². The molecule has 0 aromatic rings. The van der Waals surface area contributed by atoms with E-state index in [2.05, 4.69) is 10.6 Å². The molecule has 72 valence electrons. The lowest BCUT2D eigenvalue weighted by molar-refractivity contribution is 0.241. The van der Waals surface area contributed by atoms with Crippen molar-refractivity contribution in [2.45, 2.75) is 12.8 Å². The minimum absolute atomic E-state index is 0.148. The second-order valence-corrected chi connectivity index (χ2v) is 3.02. The van der Waals surface area contributed by atoms with Gasteiger partial charge in [0.1, 0.15) is 0 Å². The summed E-state index contributed by atoms with van der Waals surface area (Å²) >= 11 is 10.8. The summed E-state index contributed by atoms with van der Waals surface area (Å²) in [4.78, 5) is 10.9. The van der Waals surface area contributed by atoms with Gasteiger partial charge in [0.2, 0.25) is 0 Å². The first-order valence-electron chi connectivity index (χ1n) is 3.95. The van der Waals surface area contributed by atoms with Crippen LogP contribution in [0.25, 0.3) is 0 Å². The third kappa shape index (κ3) is 7.95. The van der Waals surface area contributed by atoms with E-state index in [1.165, 1.54) is 0 Å². The zero-order valence-corrected chi connectivity index (χ0v) is 8.42. The van der Waals surface area contributed by atoms with Gasteiger partial charge in [-0.15, -0.1) is 23.2 Å². The van der Waals surface area contributed by atoms with Crippen LogP contribution >= 0.6 is 23.2 Å². The Morgan fingerprint density at radius 2 is 1.42 bits per heavy atom. The van der Waals surface area contributed by atoms with Gasteiger partial charge in [-0.05, 0) is 12.8 Å². The third-order valence-corrected chi connectivity index (χ3v) is 1.73. The van der Waals surface area contributed by atoms with Crippen molar-refractivity contribution in [1.82, 2.24) is 10.6 Å². The average Bonchev–Trinajstić information content (AvgIpc) is 2.06.